The summed E-state index contributed by atoms with van der Waals surface area (Å²) in [4.78, 5) is 2.23. The Morgan fingerprint density at radius 2 is 0.707 bits per heavy atom. The third-order valence-electron chi connectivity index (χ3n) is 8.37. The van der Waals surface area contributed by atoms with Gasteiger partial charge in [0.1, 0.15) is 0 Å². The molecule has 250 valence electrons. The summed E-state index contributed by atoms with van der Waals surface area (Å²) in [5.41, 5.74) is 0. The highest BCUT2D eigenvalue weighted by molar-refractivity contribution is 5.85. The zero-order valence-corrected chi connectivity index (χ0v) is 29.7. The number of likely N-dealkylation sites (N-methyl/N-ethyl adjacent to an activating group) is 1. The third-order valence-corrected chi connectivity index (χ3v) is 8.37. The van der Waals surface area contributed by atoms with Crippen LogP contribution in [0, 0.1) is 0 Å². The molecule has 0 aromatic carbocycles. The van der Waals surface area contributed by atoms with Crippen LogP contribution in [0.15, 0.2) is 0 Å². The number of unbranched alkanes of at least 4 members (excludes halogenated alkanes) is 26. The second kappa shape index (κ2) is 38.2. The molecule has 0 bridgehead atoms. The van der Waals surface area contributed by atoms with Gasteiger partial charge in [-0.15, -0.1) is 12.4 Å². The van der Waals surface area contributed by atoms with E-state index < -0.39 is 0 Å². The molecule has 3 nitrogen and oxygen atoms in total. The van der Waals surface area contributed by atoms with E-state index in [0.717, 1.165) is 26.4 Å². The number of halogens is 1. The average molecular weight is 604 g/mol. The van der Waals surface area contributed by atoms with Crippen molar-refractivity contribution in [3.05, 3.63) is 0 Å². The molecule has 0 saturated carbocycles. The summed E-state index contributed by atoms with van der Waals surface area (Å²) in [6, 6.07) is 0. The van der Waals surface area contributed by atoms with Crippen molar-refractivity contribution in [2.45, 2.75) is 200 Å². The molecule has 0 spiro atoms. The highest BCUT2D eigenvalue weighted by Crippen LogP contribution is 2.14. The van der Waals surface area contributed by atoms with Crippen LogP contribution in [0.2, 0.25) is 0 Å². The Morgan fingerprint density at radius 1 is 0.415 bits per heavy atom. The molecule has 0 amide bonds. The van der Waals surface area contributed by atoms with E-state index >= 15 is 0 Å². The van der Waals surface area contributed by atoms with Crippen molar-refractivity contribution in [3.63, 3.8) is 0 Å². The molecule has 0 rings (SSSR count). The Kier molecular flexibility index (Phi) is 40.3. The first-order chi connectivity index (χ1) is 19.7. The van der Waals surface area contributed by atoms with Gasteiger partial charge >= 0.3 is 0 Å². The van der Waals surface area contributed by atoms with E-state index in [2.05, 4.69) is 32.8 Å². The molecule has 0 aliphatic carbocycles. The fourth-order valence-electron chi connectivity index (χ4n) is 5.72. The molecule has 0 saturated heterocycles. The van der Waals surface area contributed by atoms with Crippen LogP contribution in [0.3, 0.4) is 0 Å². The van der Waals surface area contributed by atoms with Crippen LogP contribution < -0.4 is 0 Å². The molecule has 0 N–H and O–H groups in total. The third kappa shape index (κ3) is 38.1. The van der Waals surface area contributed by atoms with Crippen molar-refractivity contribution in [3.8, 4) is 0 Å². The summed E-state index contributed by atoms with van der Waals surface area (Å²) in [5, 5.41) is 0. The zero-order valence-electron chi connectivity index (χ0n) is 28.9. The molecule has 0 unspecified atom stereocenters. The summed E-state index contributed by atoms with van der Waals surface area (Å²) in [6.07, 6.45) is 39.5. The summed E-state index contributed by atoms with van der Waals surface area (Å²) in [6.45, 7) is 8.08. The van der Waals surface area contributed by atoms with Gasteiger partial charge in [-0.25, -0.2) is 0 Å². The maximum atomic E-state index is 6.22. The maximum Gasteiger partial charge on any atom is 0.0934 e. The highest BCUT2D eigenvalue weighted by Gasteiger charge is 2.10. The molecule has 0 aliphatic rings. The van der Waals surface area contributed by atoms with Gasteiger partial charge in [-0.2, -0.15) is 0 Å². The second-order valence-corrected chi connectivity index (χ2v) is 13.0. The van der Waals surface area contributed by atoms with Crippen molar-refractivity contribution < 1.29 is 9.47 Å². The standard InChI is InChI=1S/C37H77NO2.ClH/c1-5-7-9-11-13-15-17-19-21-23-25-27-29-31-33-39-36-37(35-38(3)4)40-34-32-30-28-26-24-22-20-18-16-14-12-10-8-6-2;/h37H,5-36H2,1-4H3;1H/t37-;/m0./s1. The van der Waals surface area contributed by atoms with E-state index in [0.29, 0.717) is 0 Å². The number of rotatable bonds is 35. The first-order valence-corrected chi connectivity index (χ1v) is 18.5. The lowest BCUT2D eigenvalue weighted by Gasteiger charge is -2.21. The molecule has 0 aliphatic heterocycles. The molecule has 0 aromatic heterocycles. The first kappa shape index (κ1) is 43.3. The minimum Gasteiger partial charge on any atom is -0.379 e. The smallest absolute Gasteiger partial charge is 0.0934 e. The van der Waals surface area contributed by atoms with E-state index in [1.165, 1.54) is 180 Å². The van der Waals surface area contributed by atoms with Gasteiger partial charge in [0.25, 0.3) is 0 Å². The summed E-state index contributed by atoms with van der Waals surface area (Å²) in [7, 11) is 4.27. The van der Waals surface area contributed by atoms with E-state index in [-0.39, 0.29) is 18.5 Å². The topological polar surface area (TPSA) is 21.7 Å². The lowest BCUT2D eigenvalue weighted by molar-refractivity contribution is -0.0287. The van der Waals surface area contributed by atoms with Gasteiger partial charge < -0.3 is 14.4 Å². The number of nitrogens with zero attached hydrogens (tertiary/aromatic N) is 1. The fourth-order valence-corrected chi connectivity index (χ4v) is 5.72. The van der Waals surface area contributed by atoms with Crippen molar-refractivity contribution in [2.24, 2.45) is 0 Å². The van der Waals surface area contributed by atoms with Crippen LogP contribution in [0.4, 0.5) is 0 Å². The quantitative estimate of drug-likeness (QED) is 0.0672. The van der Waals surface area contributed by atoms with E-state index in [9.17, 15) is 0 Å². The van der Waals surface area contributed by atoms with E-state index in [1.807, 2.05) is 0 Å². The molecule has 4 heteroatoms. The Hall–Kier alpha value is 0.170. The second-order valence-electron chi connectivity index (χ2n) is 13.0. The molecule has 0 radical (unpaired) electrons. The van der Waals surface area contributed by atoms with Crippen LogP contribution in [0.25, 0.3) is 0 Å². The van der Waals surface area contributed by atoms with Gasteiger partial charge in [0, 0.05) is 19.8 Å². The van der Waals surface area contributed by atoms with Gasteiger partial charge in [0.15, 0.2) is 0 Å². The predicted octanol–water partition coefficient (Wildman–Crippen LogP) is 12.3. The Labute approximate surface area is 266 Å². The lowest BCUT2D eigenvalue weighted by atomic mass is 10.0. The largest absolute Gasteiger partial charge is 0.379 e. The monoisotopic (exact) mass is 604 g/mol. The Bertz CT molecular complexity index is 449. The van der Waals surface area contributed by atoms with Gasteiger partial charge in [0.05, 0.1) is 12.7 Å². The van der Waals surface area contributed by atoms with Crippen LogP contribution in [-0.4, -0.2) is 51.5 Å². The summed E-state index contributed by atoms with van der Waals surface area (Å²) < 4.78 is 12.2. The summed E-state index contributed by atoms with van der Waals surface area (Å²) >= 11 is 0. The van der Waals surface area contributed by atoms with E-state index in [4.69, 9.17) is 9.47 Å². The number of hydrogen-bond acceptors (Lipinski definition) is 3. The van der Waals surface area contributed by atoms with Crippen molar-refractivity contribution in [1.29, 1.82) is 0 Å². The van der Waals surface area contributed by atoms with Crippen molar-refractivity contribution in [2.75, 3.05) is 40.5 Å². The lowest BCUT2D eigenvalue weighted by Crippen LogP contribution is -2.32. The van der Waals surface area contributed by atoms with Crippen LogP contribution in [0.1, 0.15) is 194 Å². The normalized spacial score (nSPS) is 12.2. The van der Waals surface area contributed by atoms with Crippen LogP contribution >= 0.6 is 12.4 Å². The molecular weight excluding hydrogens is 526 g/mol. The Morgan fingerprint density at radius 3 is 1.02 bits per heavy atom. The molecule has 0 heterocycles. The zero-order chi connectivity index (χ0) is 29.2. The highest BCUT2D eigenvalue weighted by atomic mass is 35.5. The van der Waals surface area contributed by atoms with Gasteiger partial charge in [-0.1, -0.05) is 181 Å². The SMILES string of the molecule is CCCCCCCCCCCCCCCCOC[C@H](CN(C)C)OCCCCCCCCCCCCCCCC.Cl. The first-order valence-electron chi connectivity index (χ1n) is 18.5. The average Bonchev–Trinajstić information content (AvgIpc) is 2.94. The van der Waals surface area contributed by atoms with Gasteiger partial charge in [0.2, 0.25) is 0 Å². The minimum absolute atomic E-state index is 0. The molecule has 0 fully saturated rings. The number of hydrogen-bond donors (Lipinski definition) is 0. The molecule has 41 heavy (non-hydrogen) atoms. The fraction of sp³-hybridized carbons (Fsp3) is 1.00. The Balaban J connectivity index is 0. The van der Waals surface area contributed by atoms with E-state index in [1.54, 1.807) is 0 Å². The van der Waals surface area contributed by atoms with Crippen LogP contribution in [0.5, 0.6) is 0 Å². The minimum atomic E-state index is 0. The number of ether oxygens (including phenoxy) is 2. The maximum absolute atomic E-state index is 6.22. The van der Waals surface area contributed by atoms with Crippen LogP contribution in [-0.2, 0) is 9.47 Å². The molecular formula is C37H78ClNO2. The predicted molar refractivity (Wildman–Crippen MR) is 187 cm³/mol. The molecule has 1 atom stereocenters. The van der Waals surface area contributed by atoms with Crippen molar-refractivity contribution >= 4 is 12.4 Å². The van der Waals surface area contributed by atoms with Gasteiger partial charge in [-0.05, 0) is 26.9 Å². The van der Waals surface area contributed by atoms with Crippen molar-refractivity contribution in [1.82, 2.24) is 4.90 Å². The molecule has 0 aromatic rings. The summed E-state index contributed by atoms with van der Waals surface area (Å²) in [5.74, 6) is 0. The van der Waals surface area contributed by atoms with Gasteiger partial charge in [-0.3, -0.25) is 0 Å².